The van der Waals surface area contributed by atoms with Gasteiger partial charge in [-0.15, -0.1) is 0 Å². The Labute approximate surface area is 389 Å². The normalized spacial score (nSPS) is 12.6. The molecule has 63 heavy (non-hydrogen) atoms. The van der Waals surface area contributed by atoms with Crippen molar-refractivity contribution in [3.8, 4) is 0 Å². The molecule has 0 saturated carbocycles. The van der Waals surface area contributed by atoms with Gasteiger partial charge >= 0.3 is 17.9 Å². The Bertz CT molecular complexity index is 1190. The molecule has 0 aliphatic heterocycles. The third-order valence-electron chi connectivity index (χ3n) is 11.3. The monoisotopic (exact) mass is 879 g/mol. The van der Waals surface area contributed by atoms with Crippen molar-refractivity contribution in [2.24, 2.45) is 0 Å². The van der Waals surface area contributed by atoms with Crippen molar-refractivity contribution in [2.45, 2.75) is 258 Å². The highest BCUT2D eigenvalue weighted by atomic mass is 16.6. The molecule has 0 aromatic heterocycles. The molecule has 1 atom stereocenters. The Morgan fingerprint density at radius 1 is 0.333 bits per heavy atom. The number of unbranched alkanes of at least 4 members (excludes halogenated alkanes) is 28. The van der Waals surface area contributed by atoms with E-state index in [4.69, 9.17) is 14.2 Å². The molecule has 0 radical (unpaired) electrons. The summed E-state index contributed by atoms with van der Waals surface area (Å²) in [5, 5.41) is 0. The number of carbonyl (C=O) groups is 3. The van der Waals surface area contributed by atoms with E-state index >= 15 is 0 Å². The van der Waals surface area contributed by atoms with Gasteiger partial charge in [0.05, 0.1) is 0 Å². The Morgan fingerprint density at radius 3 is 0.952 bits per heavy atom. The second-order valence-corrected chi connectivity index (χ2v) is 17.5. The Hall–Kier alpha value is -3.15. The van der Waals surface area contributed by atoms with Crippen LogP contribution in [0.15, 0.2) is 72.9 Å². The number of rotatable bonds is 47. The summed E-state index contributed by atoms with van der Waals surface area (Å²) in [6.07, 6.45) is 64.5. The van der Waals surface area contributed by atoms with E-state index in [-0.39, 0.29) is 31.1 Å². The van der Waals surface area contributed by atoms with Gasteiger partial charge in [0.2, 0.25) is 0 Å². The van der Waals surface area contributed by atoms with E-state index in [0.29, 0.717) is 19.3 Å². The van der Waals surface area contributed by atoms with Gasteiger partial charge in [-0.05, 0) is 57.8 Å². The van der Waals surface area contributed by atoms with Gasteiger partial charge in [0.1, 0.15) is 13.2 Å². The number of hydrogen-bond acceptors (Lipinski definition) is 6. The molecular formula is C57H98O6. The molecule has 0 fully saturated rings. The highest BCUT2D eigenvalue weighted by Gasteiger charge is 2.19. The van der Waals surface area contributed by atoms with E-state index in [1.807, 2.05) is 0 Å². The number of carbonyl (C=O) groups excluding carboxylic acids is 3. The molecule has 1 unspecified atom stereocenters. The van der Waals surface area contributed by atoms with Crippen molar-refractivity contribution < 1.29 is 28.6 Å². The second-order valence-electron chi connectivity index (χ2n) is 17.5. The van der Waals surface area contributed by atoms with Crippen LogP contribution in [0.25, 0.3) is 0 Å². The van der Waals surface area contributed by atoms with Gasteiger partial charge in [0, 0.05) is 19.3 Å². The molecule has 0 bridgehead atoms. The fourth-order valence-electron chi connectivity index (χ4n) is 7.38. The molecule has 6 nitrogen and oxygen atoms in total. The summed E-state index contributed by atoms with van der Waals surface area (Å²) in [5.74, 6) is -0.902. The number of hydrogen-bond donors (Lipinski definition) is 0. The predicted octanol–water partition coefficient (Wildman–Crippen LogP) is 17.4. The van der Waals surface area contributed by atoms with Crippen LogP contribution in [0.2, 0.25) is 0 Å². The van der Waals surface area contributed by atoms with Gasteiger partial charge in [-0.25, -0.2) is 0 Å². The first-order chi connectivity index (χ1) is 31.0. The molecule has 0 rings (SSSR count). The van der Waals surface area contributed by atoms with Crippen LogP contribution in [0.4, 0.5) is 0 Å². The first kappa shape index (κ1) is 59.9. The zero-order valence-corrected chi connectivity index (χ0v) is 41.3. The van der Waals surface area contributed by atoms with Crippen LogP contribution in [-0.4, -0.2) is 37.2 Å². The molecule has 0 aliphatic carbocycles. The van der Waals surface area contributed by atoms with Crippen LogP contribution < -0.4 is 0 Å². The summed E-state index contributed by atoms with van der Waals surface area (Å²) < 4.78 is 16.8. The molecule has 0 N–H and O–H groups in total. The quantitative estimate of drug-likeness (QED) is 0.0262. The van der Waals surface area contributed by atoms with Crippen molar-refractivity contribution in [3.63, 3.8) is 0 Å². The van der Waals surface area contributed by atoms with Gasteiger partial charge in [-0.3, -0.25) is 14.4 Å². The van der Waals surface area contributed by atoms with Crippen LogP contribution in [-0.2, 0) is 28.6 Å². The van der Waals surface area contributed by atoms with E-state index in [1.165, 1.54) is 128 Å². The first-order valence-electron chi connectivity index (χ1n) is 26.5. The molecular weight excluding hydrogens is 781 g/mol. The molecule has 0 heterocycles. The first-order valence-corrected chi connectivity index (χ1v) is 26.5. The molecule has 0 amide bonds. The lowest BCUT2D eigenvalue weighted by Gasteiger charge is -2.18. The van der Waals surface area contributed by atoms with Crippen molar-refractivity contribution >= 4 is 17.9 Å². The maximum absolute atomic E-state index is 12.8. The molecule has 0 spiro atoms. The van der Waals surface area contributed by atoms with E-state index in [0.717, 1.165) is 83.5 Å². The average molecular weight is 879 g/mol. The average Bonchev–Trinajstić information content (AvgIpc) is 3.28. The minimum atomic E-state index is -0.785. The smallest absolute Gasteiger partial charge is 0.306 e. The lowest BCUT2D eigenvalue weighted by Crippen LogP contribution is -2.30. The van der Waals surface area contributed by atoms with Crippen molar-refractivity contribution in [2.75, 3.05) is 13.2 Å². The summed E-state index contributed by atoms with van der Waals surface area (Å²) in [4.78, 5) is 38.0. The molecule has 0 aromatic rings. The van der Waals surface area contributed by atoms with Gasteiger partial charge in [-0.2, -0.15) is 0 Å². The van der Waals surface area contributed by atoms with Crippen LogP contribution in [0.5, 0.6) is 0 Å². The van der Waals surface area contributed by atoms with Gasteiger partial charge in [-0.1, -0.05) is 248 Å². The Kier molecular flexibility index (Phi) is 48.9. The lowest BCUT2D eigenvalue weighted by atomic mass is 10.0. The van der Waals surface area contributed by atoms with E-state index in [2.05, 4.69) is 93.7 Å². The molecule has 0 aliphatic rings. The van der Waals surface area contributed by atoms with E-state index in [9.17, 15) is 14.4 Å². The summed E-state index contributed by atoms with van der Waals surface area (Å²) in [5.41, 5.74) is 0. The highest BCUT2D eigenvalue weighted by molar-refractivity contribution is 5.71. The summed E-state index contributed by atoms with van der Waals surface area (Å²) >= 11 is 0. The topological polar surface area (TPSA) is 78.9 Å². The molecule has 6 heteroatoms. The molecule has 0 aromatic carbocycles. The molecule has 362 valence electrons. The van der Waals surface area contributed by atoms with Crippen LogP contribution in [0.3, 0.4) is 0 Å². The number of allylic oxidation sites excluding steroid dienone is 12. The fourth-order valence-corrected chi connectivity index (χ4v) is 7.38. The van der Waals surface area contributed by atoms with E-state index < -0.39 is 6.10 Å². The van der Waals surface area contributed by atoms with Crippen molar-refractivity contribution in [1.82, 2.24) is 0 Å². The minimum absolute atomic E-state index is 0.0826. The van der Waals surface area contributed by atoms with Crippen molar-refractivity contribution in [1.29, 1.82) is 0 Å². The summed E-state index contributed by atoms with van der Waals surface area (Å²) in [6.45, 7) is 6.37. The number of esters is 3. The zero-order chi connectivity index (χ0) is 45.8. The lowest BCUT2D eigenvalue weighted by molar-refractivity contribution is -0.167. The van der Waals surface area contributed by atoms with Crippen molar-refractivity contribution in [3.05, 3.63) is 72.9 Å². The van der Waals surface area contributed by atoms with Gasteiger partial charge in [0.25, 0.3) is 0 Å². The predicted molar refractivity (Wildman–Crippen MR) is 270 cm³/mol. The fraction of sp³-hybridized carbons (Fsp3) is 0.737. The number of ether oxygens (including phenoxy) is 3. The standard InChI is InChI=1S/C57H98O6/c1-4-7-10-13-16-19-22-25-28-31-34-37-40-43-46-49-55(58)61-52-54(63-57(60)51-48-45-42-39-36-33-30-27-24-21-18-15-12-9-6-3)53-62-56(59)50-47-44-41-38-35-32-29-26-23-20-17-14-11-8-5-2/h7,9-10,12-13,15-16,18-19,21-22,24,54H,4-6,8,11,14,17,20,23,25-53H2,1-3H3/b10-7-,12-9-,16-13-,18-15-,22-19-,24-21-. The van der Waals surface area contributed by atoms with Crippen LogP contribution in [0, 0.1) is 0 Å². The van der Waals surface area contributed by atoms with Gasteiger partial charge < -0.3 is 14.2 Å². The summed E-state index contributed by atoms with van der Waals surface area (Å²) in [6, 6.07) is 0. The Morgan fingerprint density at radius 2 is 0.619 bits per heavy atom. The Balaban J connectivity index is 4.40. The second kappa shape index (κ2) is 51.5. The highest BCUT2D eigenvalue weighted by Crippen LogP contribution is 2.16. The third kappa shape index (κ3) is 49.7. The largest absolute Gasteiger partial charge is 0.462 e. The maximum atomic E-state index is 12.8. The maximum Gasteiger partial charge on any atom is 0.306 e. The minimum Gasteiger partial charge on any atom is -0.462 e. The SMILES string of the molecule is CC\C=C/C=C\C=C/CCCCCCCCCC(=O)OCC(COC(=O)CCCCCCCCCCCCCCCCC)OC(=O)CCCCCCCCC\C=C/C=C\C=C/CC. The zero-order valence-electron chi connectivity index (χ0n) is 41.3. The van der Waals surface area contributed by atoms with Crippen LogP contribution >= 0.6 is 0 Å². The van der Waals surface area contributed by atoms with Crippen LogP contribution in [0.1, 0.15) is 252 Å². The molecule has 0 saturated heterocycles. The third-order valence-corrected chi connectivity index (χ3v) is 11.3. The van der Waals surface area contributed by atoms with E-state index in [1.54, 1.807) is 0 Å². The summed E-state index contributed by atoms with van der Waals surface area (Å²) in [7, 11) is 0. The van der Waals surface area contributed by atoms with Gasteiger partial charge in [0.15, 0.2) is 6.10 Å².